The molecule has 1 atom stereocenters. The Kier molecular flexibility index (Phi) is 3.54. The van der Waals surface area contributed by atoms with Crippen LogP contribution in [0.15, 0.2) is 16.6 Å². The summed E-state index contributed by atoms with van der Waals surface area (Å²) in [6, 6.07) is 2.22. The molecule has 19 heavy (non-hydrogen) atoms. The summed E-state index contributed by atoms with van der Waals surface area (Å²) in [7, 11) is -3.80. The highest BCUT2D eigenvalue weighted by Gasteiger charge is 2.38. The van der Waals surface area contributed by atoms with E-state index >= 15 is 0 Å². The molecule has 0 bridgehead atoms. The van der Waals surface area contributed by atoms with Crippen molar-refractivity contribution in [2.45, 2.75) is 11.7 Å². The number of rotatable bonds is 2. The van der Waals surface area contributed by atoms with Crippen LogP contribution in [0.1, 0.15) is 6.42 Å². The number of carbonyl (C=O) groups excluding carboxylic acids is 1. The molecule has 1 aromatic rings. The zero-order valence-corrected chi connectivity index (χ0v) is 12.0. The second-order valence-electron chi connectivity index (χ2n) is 4.24. The van der Waals surface area contributed by atoms with Crippen LogP contribution in [0.3, 0.4) is 0 Å². The van der Waals surface area contributed by atoms with E-state index in [9.17, 15) is 17.6 Å². The molecule has 1 aliphatic rings. The minimum Gasteiger partial charge on any atom is -0.397 e. The Bertz CT molecular complexity index is 626. The molecule has 2 rings (SSSR count). The quantitative estimate of drug-likeness (QED) is 0.759. The third-order valence-corrected chi connectivity index (χ3v) is 4.73. The van der Waals surface area contributed by atoms with E-state index in [-0.39, 0.29) is 28.8 Å². The van der Waals surface area contributed by atoms with E-state index in [2.05, 4.69) is 15.9 Å². The fourth-order valence-corrected chi connectivity index (χ4v) is 3.38. The maximum atomic E-state index is 13.1. The van der Waals surface area contributed by atoms with Crippen molar-refractivity contribution < 1.29 is 17.6 Å². The van der Waals surface area contributed by atoms with Crippen LogP contribution in [0, 0.1) is 5.82 Å². The molecule has 0 aliphatic carbocycles. The zero-order chi connectivity index (χ0) is 14.4. The summed E-state index contributed by atoms with van der Waals surface area (Å²) in [5.41, 5.74) is 5.99. The van der Waals surface area contributed by atoms with Gasteiger partial charge in [0.2, 0.25) is 15.9 Å². The van der Waals surface area contributed by atoms with E-state index in [4.69, 9.17) is 10.9 Å². The molecule has 0 spiro atoms. The number of hydrogen-bond acceptors (Lipinski definition) is 4. The van der Waals surface area contributed by atoms with Crippen molar-refractivity contribution in [1.29, 1.82) is 0 Å². The summed E-state index contributed by atoms with van der Waals surface area (Å²) >= 11 is 3.11. The number of sulfonamides is 1. The fraction of sp³-hybridized carbons (Fsp3) is 0.300. The van der Waals surface area contributed by atoms with E-state index < -0.39 is 27.0 Å². The van der Waals surface area contributed by atoms with Gasteiger partial charge >= 0.3 is 0 Å². The number of amides is 1. The van der Waals surface area contributed by atoms with Crippen molar-refractivity contribution in [2.75, 3.05) is 17.2 Å². The van der Waals surface area contributed by atoms with Gasteiger partial charge in [-0.05, 0) is 28.1 Å². The standard InChI is InChI=1S/C10H11BrFN3O3S/c11-7-1-5(12)2-8(13)10(7)15-4-6(3-9(15)16)19(14,17)18/h1-2,6H,3-4,13H2,(H2,14,17,18). The summed E-state index contributed by atoms with van der Waals surface area (Å²) < 4.78 is 36.0. The first-order valence-corrected chi connectivity index (χ1v) is 7.67. The molecule has 1 saturated heterocycles. The number of primary sulfonamides is 1. The van der Waals surface area contributed by atoms with E-state index in [1.807, 2.05) is 0 Å². The monoisotopic (exact) mass is 351 g/mol. The van der Waals surface area contributed by atoms with Crippen molar-refractivity contribution in [3.8, 4) is 0 Å². The fourth-order valence-electron chi connectivity index (χ4n) is 1.98. The van der Waals surface area contributed by atoms with Crippen molar-refractivity contribution in [1.82, 2.24) is 0 Å². The second-order valence-corrected chi connectivity index (χ2v) is 6.94. The van der Waals surface area contributed by atoms with Gasteiger partial charge in [-0.25, -0.2) is 17.9 Å². The Balaban J connectivity index is 2.42. The second kappa shape index (κ2) is 4.73. The van der Waals surface area contributed by atoms with Crippen molar-refractivity contribution in [2.24, 2.45) is 5.14 Å². The third-order valence-electron chi connectivity index (χ3n) is 2.88. The summed E-state index contributed by atoms with van der Waals surface area (Å²) in [5.74, 6) is -0.971. The van der Waals surface area contributed by atoms with E-state index in [1.54, 1.807) is 0 Å². The molecule has 1 fully saturated rings. The van der Waals surface area contributed by atoms with Gasteiger partial charge in [-0.15, -0.1) is 0 Å². The van der Waals surface area contributed by atoms with Gasteiger partial charge in [0.1, 0.15) is 11.1 Å². The number of benzene rings is 1. The van der Waals surface area contributed by atoms with Gasteiger partial charge in [0.25, 0.3) is 0 Å². The van der Waals surface area contributed by atoms with Crippen LogP contribution in [0.25, 0.3) is 0 Å². The van der Waals surface area contributed by atoms with Crippen LogP contribution in [-0.4, -0.2) is 26.1 Å². The van der Waals surface area contributed by atoms with Crippen LogP contribution in [-0.2, 0) is 14.8 Å². The molecule has 6 nitrogen and oxygen atoms in total. The van der Waals surface area contributed by atoms with Crippen LogP contribution < -0.4 is 15.8 Å². The van der Waals surface area contributed by atoms with Gasteiger partial charge < -0.3 is 10.6 Å². The smallest absolute Gasteiger partial charge is 0.228 e. The van der Waals surface area contributed by atoms with Crippen LogP contribution in [0.5, 0.6) is 0 Å². The number of nitrogens with zero attached hydrogens (tertiary/aromatic N) is 1. The molecule has 1 unspecified atom stereocenters. The predicted molar refractivity (Wildman–Crippen MR) is 72.4 cm³/mol. The predicted octanol–water partition coefficient (Wildman–Crippen LogP) is 0.564. The lowest BCUT2D eigenvalue weighted by molar-refractivity contribution is -0.117. The average Bonchev–Trinajstić information content (AvgIpc) is 2.59. The third kappa shape index (κ3) is 2.72. The normalized spacial score (nSPS) is 20.1. The molecule has 9 heteroatoms. The zero-order valence-electron chi connectivity index (χ0n) is 9.64. The van der Waals surface area contributed by atoms with Crippen LogP contribution in [0.2, 0.25) is 0 Å². The van der Waals surface area contributed by atoms with E-state index in [1.165, 1.54) is 4.90 Å². The lowest BCUT2D eigenvalue weighted by Gasteiger charge is -2.20. The maximum Gasteiger partial charge on any atom is 0.228 e. The first-order valence-electron chi connectivity index (χ1n) is 5.26. The summed E-state index contributed by atoms with van der Waals surface area (Å²) in [4.78, 5) is 13.1. The Labute approximate surface area is 117 Å². The molecular weight excluding hydrogens is 341 g/mol. The molecular formula is C10H11BrFN3O3S. The Morgan fingerprint density at radius 1 is 1.42 bits per heavy atom. The first-order chi connectivity index (χ1) is 8.70. The van der Waals surface area contributed by atoms with Gasteiger partial charge in [-0.2, -0.15) is 0 Å². The first kappa shape index (κ1) is 14.2. The Hall–Kier alpha value is -1.19. The maximum absolute atomic E-state index is 13.1. The summed E-state index contributed by atoms with van der Waals surface area (Å²) in [6.07, 6.45) is -0.206. The summed E-state index contributed by atoms with van der Waals surface area (Å²) in [5, 5.41) is 4.06. The van der Waals surface area contributed by atoms with Gasteiger partial charge in [0.15, 0.2) is 0 Å². The number of halogens is 2. The molecule has 0 radical (unpaired) electrons. The molecule has 1 aliphatic heterocycles. The molecule has 4 N–H and O–H groups in total. The summed E-state index contributed by atoms with van der Waals surface area (Å²) in [6.45, 7) is -0.0912. The van der Waals surface area contributed by atoms with Gasteiger partial charge in [-0.1, -0.05) is 0 Å². The average molecular weight is 352 g/mol. The number of carbonyl (C=O) groups is 1. The number of nitrogen functional groups attached to an aromatic ring is 1. The highest BCUT2D eigenvalue weighted by atomic mass is 79.9. The molecule has 1 amide bonds. The van der Waals surface area contributed by atoms with E-state index in [0.717, 1.165) is 12.1 Å². The van der Waals surface area contributed by atoms with Gasteiger partial charge in [-0.3, -0.25) is 4.79 Å². The van der Waals surface area contributed by atoms with Crippen LogP contribution >= 0.6 is 15.9 Å². The SMILES string of the molecule is Nc1cc(F)cc(Br)c1N1CC(S(N)(=O)=O)CC1=O. The molecule has 1 aromatic carbocycles. The Morgan fingerprint density at radius 2 is 2.05 bits per heavy atom. The van der Waals surface area contributed by atoms with Crippen LogP contribution in [0.4, 0.5) is 15.8 Å². The Morgan fingerprint density at radius 3 is 2.53 bits per heavy atom. The van der Waals surface area contributed by atoms with E-state index in [0.29, 0.717) is 0 Å². The molecule has 1 heterocycles. The lowest BCUT2D eigenvalue weighted by atomic mass is 10.2. The van der Waals surface area contributed by atoms with Gasteiger partial charge in [0, 0.05) is 17.4 Å². The number of anilines is 2. The highest BCUT2D eigenvalue weighted by Crippen LogP contribution is 2.36. The topological polar surface area (TPSA) is 106 Å². The molecule has 0 saturated carbocycles. The number of hydrogen-bond donors (Lipinski definition) is 2. The minimum absolute atomic E-state index is 0.0512. The van der Waals surface area contributed by atoms with Gasteiger partial charge in [0.05, 0.1) is 11.4 Å². The highest BCUT2D eigenvalue weighted by molar-refractivity contribution is 9.10. The van der Waals surface area contributed by atoms with Crippen molar-refractivity contribution in [3.63, 3.8) is 0 Å². The number of nitrogens with two attached hydrogens (primary N) is 2. The molecule has 0 aromatic heterocycles. The minimum atomic E-state index is -3.80. The largest absolute Gasteiger partial charge is 0.397 e. The lowest BCUT2D eigenvalue weighted by Crippen LogP contribution is -2.32. The van der Waals surface area contributed by atoms with Crippen molar-refractivity contribution >= 4 is 43.2 Å². The van der Waals surface area contributed by atoms with Crippen molar-refractivity contribution in [3.05, 3.63) is 22.4 Å². The molecule has 104 valence electrons.